The number of methoxy groups -OCH3 is 1. The fraction of sp³-hybridized carbons (Fsp3) is 0.464. The number of likely N-dealkylation sites (tertiary alicyclic amines) is 1. The number of benzene rings is 2. The van der Waals surface area contributed by atoms with Crippen molar-refractivity contribution in [2.45, 2.75) is 31.5 Å². The van der Waals surface area contributed by atoms with Crippen molar-refractivity contribution in [1.29, 1.82) is 0 Å². The minimum atomic E-state index is -0.966. The maximum absolute atomic E-state index is 13.9. The van der Waals surface area contributed by atoms with Crippen molar-refractivity contribution in [3.63, 3.8) is 0 Å². The fourth-order valence-electron chi connectivity index (χ4n) is 5.03. The van der Waals surface area contributed by atoms with Crippen LogP contribution in [0.2, 0.25) is 0 Å². The summed E-state index contributed by atoms with van der Waals surface area (Å²) >= 11 is 0. The topological polar surface area (TPSA) is 91.4 Å². The van der Waals surface area contributed by atoms with E-state index < -0.39 is 11.8 Å². The molecule has 0 bridgehead atoms. The number of piperidine rings is 1. The van der Waals surface area contributed by atoms with Crippen LogP contribution in [0, 0.1) is 6.92 Å². The summed E-state index contributed by atoms with van der Waals surface area (Å²) in [6.07, 6.45) is 0.837. The molecule has 2 aromatic rings. The highest BCUT2D eigenvalue weighted by Gasteiger charge is 2.54. The summed E-state index contributed by atoms with van der Waals surface area (Å²) in [5.74, 6) is -0.00327. The number of likely N-dealkylation sites (N-methyl/N-ethyl adjacent to an activating group) is 1. The molecular weight excluding hydrogens is 472 g/mol. The molecule has 9 nitrogen and oxygen atoms in total. The number of amides is 3. The van der Waals surface area contributed by atoms with Crippen LogP contribution in [0.5, 0.6) is 5.75 Å². The molecule has 2 aromatic carbocycles. The molecule has 37 heavy (non-hydrogen) atoms. The Morgan fingerprint density at radius 1 is 1.08 bits per heavy atom. The molecule has 9 heteroatoms. The summed E-state index contributed by atoms with van der Waals surface area (Å²) < 4.78 is 11.6. The summed E-state index contributed by atoms with van der Waals surface area (Å²) in [6, 6.07) is 13.7. The molecule has 2 aliphatic rings. The molecule has 0 aromatic heterocycles. The molecule has 4 rings (SSSR count). The predicted molar refractivity (Wildman–Crippen MR) is 140 cm³/mol. The molecule has 2 fully saturated rings. The molecule has 2 aliphatic heterocycles. The Kier molecular flexibility index (Phi) is 8.14. The number of aryl methyl sites for hydroxylation is 1. The molecule has 1 atom stereocenters. The van der Waals surface area contributed by atoms with Crippen LogP contribution >= 0.6 is 0 Å². The van der Waals surface area contributed by atoms with Gasteiger partial charge in [0.2, 0.25) is 5.91 Å². The molecule has 0 saturated carbocycles. The van der Waals surface area contributed by atoms with Crippen molar-refractivity contribution in [3.8, 4) is 5.75 Å². The zero-order chi connectivity index (χ0) is 26.6. The second kappa shape index (κ2) is 11.3. The van der Waals surface area contributed by atoms with E-state index in [2.05, 4.69) is 5.32 Å². The van der Waals surface area contributed by atoms with Crippen LogP contribution in [0.15, 0.2) is 48.5 Å². The third-order valence-corrected chi connectivity index (χ3v) is 7.16. The number of nitrogens with zero attached hydrogens (tertiary/aromatic N) is 3. The van der Waals surface area contributed by atoms with Crippen LogP contribution in [0.25, 0.3) is 0 Å². The van der Waals surface area contributed by atoms with Crippen LogP contribution in [-0.4, -0.2) is 98.2 Å². The fourth-order valence-corrected chi connectivity index (χ4v) is 5.03. The van der Waals surface area contributed by atoms with E-state index in [-0.39, 0.29) is 24.3 Å². The highest BCUT2D eigenvalue weighted by Crippen LogP contribution is 2.39. The summed E-state index contributed by atoms with van der Waals surface area (Å²) in [6.45, 7) is 4.02. The number of rotatable bonds is 7. The highest BCUT2D eigenvalue weighted by atomic mass is 16.5. The minimum Gasteiger partial charge on any atom is -0.497 e. The minimum absolute atomic E-state index is 0.0328. The van der Waals surface area contributed by atoms with Gasteiger partial charge in [-0.15, -0.1) is 0 Å². The van der Waals surface area contributed by atoms with E-state index in [1.54, 1.807) is 41.2 Å². The van der Waals surface area contributed by atoms with Gasteiger partial charge in [0.15, 0.2) is 0 Å². The predicted octanol–water partition coefficient (Wildman–Crippen LogP) is 2.15. The van der Waals surface area contributed by atoms with Gasteiger partial charge in [-0.25, -0.2) is 0 Å². The number of hydrogen-bond donors (Lipinski definition) is 1. The normalized spacial score (nSPS) is 18.8. The van der Waals surface area contributed by atoms with Gasteiger partial charge in [-0.05, 0) is 50.8 Å². The molecule has 198 valence electrons. The Hall–Kier alpha value is -3.43. The second-order valence-corrected chi connectivity index (χ2v) is 9.88. The van der Waals surface area contributed by atoms with Gasteiger partial charge in [0.25, 0.3) is 11.8 Å². The zero-order valence-corrected chi connectivity index (χ0v) is 22.0. The van der Waals surface area contributed by atoms with E-state index in [0.29, 0.717) is 55.9 Å². The Bertz CT molecular complexity index is 1140. The van der Waals surface area contributed by atoms with Gasteiger partial charge >= 0.3 is 0 Å². The average molecular weight is 509 g/mol. The summed E-state index contributed by atoms with van der Waals surface area (Å²) in [5.41, 5.74) is 1.06. The number of carbonyl (C=O) groups is 3. The molecule has 1 spiro atoms. The molecule has 1 unspecified atom stereocenters. The first-order chi connectivity index (χ1) is 17.8. The molecule has 2 saturated heterocycles. The zero-order valence-electron chi connectivity index (χ0n) is 22.0. The average Bonchev–Trinajstić information content (AvgIpc) is 3.26. The lowest BCUT2D eigenvalue weighted by Gasteiger charge is -2.44. The van der Waals surface area contributed by atoms with Crippen molar-refractivity contribution in [3.05, 3.63) is 65.2 Å². The molecule has 2 heterocycles. The van der Waals surface area contributed by atoms with E-state index in [4.69, 9.17) is 9.47 Å². The Morgan fingerprint density at radius 3 is 2.49 bits per heavy atom. The van der Waals surface area contributed by atoms with Crippen molar-refractivity contribution in [1.82, 2.24) is 20.0 Å². The maximum Gasteiger partial charge on any atom is 0.257 e. The Balaban J connectivity index is 1.57. The first-order valence-corrected chi connectivity index (χ1v) is 12.6. The van der Waals surface area contributed by atoms with Gasteiger partial charge in [-0.1, -0.05) is 24.3 Å². The van der Waals surface area contributed by atoms with Crippen molar-refractivity contribution in [2.24, 2.45) is 0 Å². The quantitative estimate of drug-likeness (QED) is 0.617. The molecule has 0 aliphatic carbocycles. The molecular formula is C28H36N4O5. The smallest absolute Gasteiger partial charge is 0.257 e. The van der Waals surface area contributed by atoms with Gasteiger partial charge < -0.3 is 24.6 Å². The standard InChI is InChI=1S/C28H36N4O5/c1-20-8-5-6-11-23(20)27(35)31-15-12-28(13-16-31)32(26(34)21-9-7-10-22(18-21)36-4)24(19-37-28)25(33)29-14-17-30(2)3/h5-11,18,24H,12-17,19H2,1-4H3,(H,29,33). The summed E-state index contributed by atoms with van der Waals surface area (Å²) in [5, 5.41) is 2.95. The molecule has 3 amide bonds. The maximum atomic E-state index is 13.9. The number of nitrogens with one attached hydrogen (secondary N) is 1. The van der Waals surface area contributed by atoms with E-state index in [0.717, 1.165) is 5.56 Å². The SMILES string of the molecule is COc1cccc(C(=O)N2C(C(=O)NCCN(C)C)COC23CCN(C(=O)c2ccccc2C)CC3)c1. The van der Waals surface area contributed by atoms with Crippen LogP contribution < -0.4 is 10.1 Å². The van der Waals surface area contributed by atoms with Gasteiger partial charge in [0.1, 0.15) is 17.5 Å². The van der Waals surface area contributed by atoms with E-state index in [1.807, 2.05) is 50.2 Å². The highest BCUT2D eigenvalue weighted by molar-refractivity contribution is 5.99. The van der Waals surface area contributed by atoms with Crippen molar-refractivity contribution < 1.29 is 23.9 Å². The number of hydrogen-bond acceptors (Lipinski definition) is 6. The van der Waals surface area contributed by atoms with Gasteiger partial charge in [-0.3, -0.25) is 19.3 Å². The van der Waals surface area contributed by atoms with Crippen LogP contribution in [0.4, 0.5) is 0 Å². The van der Waals surface area contributed by atoms with Crippen LogP contribution in [-0.2, 0) is 9.53 Å². The van der Waals surface area contributed by atoms with E-state index in [9.17, 15) is 14.4 Å². The number of ether oxygens (including phenoxy) is 2. The summed E-state index contributed by atoms with van der Waals surface area (Å²) in [7, 11) is 5.42. The second-order valence-electron chi connectivity index (χ2n) is 9.88. The van der Waals surface area contributed by atoms with Crippen molar-refractivity contribution >= 4 is 17.7 Å². The number of carbonyl (C=O) groups excluding carboxylic acids is 3. The largest absolute Gasteiger partial charge is 0.497 e. The van der Waals surface area contributed by atoms with Gasteiger partial charge in [-0.2, -0.15) is 0 Å². The Morgan fingerprint density at radius 2 is 1.81 bits per heavy atom. The van der Waals surface area contributed by atoms with E-state index >= 15 is 0 Å². The van der Waals surface area contributed by atoms with Gasteiger partial charge in [0, 0.05) is 50.1 Å². The first-order valence-electron chi connectivity index (χ1n) is 12.6. The van der Waals surface area contributed by atoms with Crippen LogP contribution in [0.3, 0.4) is 0 Å². The summed E-state index contributed by atoms with van der Waals surface area (Å²) in [4.78, 5) is 45.7. The van der Waals surface area contributed by atoms with Crippen molar-refractivity contribution in [2.75, 3.05) is 54.0 Å². The monoisotopic (exact) mass is 508 g/mol. The lowest BCUT2D eigenvalue weighted by molar-refractivity contribution is -0.128. The third-order valence-electron chi connectivity index (χ3n) is 7.16. The third kappa shape index (κ3) is 5.62. The molecule has 1 N–H and O–H groups in total. The lowest BCUT2D eigenvalue weighted by atomic mass is 9.95. The van der Waals surface area contributed by atoms with E-state index in [1.165, 1.54) is 0 Å². The van der Waals surface area contributed by atoms with Gasteiger partial charge in [0.05, 0.1) is 13.7 Å². The lowest BCUT2D eigenvalue weighted by Crippen LogP contribution is -2.60. The first kappa shape index (κ1) is 26.6. The Labute approximate surface area is 218 Å². The molecule has 0 radical (unpaired) electrons. The van der Waals surface area contributed by atoms with Crippen LogP contribution in [0.1, 0.15) is 39.1 Å².